The van der Waals surface area contributed by atoms with Crippen molar-refractivity contribution in [1.29, 1.82) is 0 Å². The molecule has 1 fully saturated rings. The van der Waals surface area contributed by atoms with Crippen molar-refractivity contribution in [2.75, 3.05) is 39.3 Å². The van der Waals surface area contributed by atoms with Crippen molar-refractivity contribution in [1.82, 2.24) is 19.5 Å². The summed E-state index contributed by atoms with van der Waals surface area (Å²) in [6, 6.07) is 9.07. The second-order valence-corrected chi connectivity index (χ2v) is 9.03. The summed E-state index contributed by atoms with van der Waals surface area (Å²) in [5.74, 6) is 0.736. The van der Waals surface area contributed by atoms with Crippen LogP contribution in [0.15, 0.2) is 36.5 Å². The summed E-state index contributed by atoms with van der Waals surface area (Å²) in [5.41, 5.74) is 1.52. The lowest BCUT2D eigenvalue weighted by Crippen LogP contribution is -2.57. The summed E-state index contributed by atoms with van der Waals surface area (Å²) in [5, 5.41) is 8.35. The molecule has 1 saturated heterocycles. The Morgan fingerprint density at radius 1 is 1.33 bits per heavy atom. The van der Waals surface area contributed by atoms with Gasteiger partial charge in [0.2, 0.25) is 5.95 Å². The zero-order valence-corrected chi connectivity index (χ0v) is 19.9. The number of hydrogen-bond donors (Lipinski definition) is 1. The van der Waals surface area contributed by atoms with Crippen molar-refractivity contribution in [3.8, 4) is 5.75 Å². The number of amides is 1. The van der Waals surface area contributed by atoms with Crippen molar-refractivity contribution >= 4 is 29.1 Å². The molecule has 4 rings (SSSR count). The SMILES string of the molecule is COCC1COC(C)(C)CN1C(=O)c1cc(OC)c2nc(NCc3cccc(Cl)c3)nn2c1. The van der Waals surface area contributed by atoms with Gasteiger partial charge in [0.25, 0.3) is 5.91 Å². The number of carbonyl (C=O) groups is 1. The highest BCUT2D eigenvalue weighted by molar-refractivity contribution is 6.30. The summed E-state index contributed by atoms with van der Waals surface area (Å²) in [6.07, 6.45) is 1.67. The number of nitrogens with one attached hydrogen (secondary N) is 1. The molecule has 0 spiro atoms. The number of morpholine rings is 1. The second-order valence-electron chi connectivity index (χ2n) is 8.60. The van der Waals surface area contributed by atoms with Crippen molar-refractivity contribution in [2.24, 2.45) is 0 Å². The quantitative estimate of drug-likeness (QED) is 0.563. The van der Waals surface area contributed by atoms with E-state index < -0.39 is 5.60 Å². The van der Waals surface area contributed by atoms with Crippen LogP contribution in [0.5, 0.6) is 5.75 Å². The van der Waals surface area contributed by atoms with Gasteiger partial charge in [-0.15, -0.1) is 5.10 Å². The van der Waals surface area contributed by atoms with E-state index in [4.69, 9.17) is 25.8 Å². The number of pyridine rings is 1. The average molecular weight is 474 g/mol. The first-order valence-electron chi connectivity index (χ1n) is 10.7. The highest BCUT2D eigenvalue weighted by Crippen LogP contribution is 2.26. The number of aromatic nitrogens is 3. The van der Waals surface area contributed by atoms with Crippen molar-refractivity contribution < 1.29 is 19.0 Å². The Hall–Kier alpha value is -2.88. The van der Waals surface area contributed by atoms with Crippen LogP contribution in [0, 0.1) is 0 Å². The van der Waals surface area contributed by atoms with E-state index in [1.54, 1.807) is 35.9 Å². The number of nitrogens with zero attached hydrogens (tertiary/aromatic N) is 4. The molecular weight excluding hydrogens is 446 g/mol. The number of rotatable bonds is 7. The summed E-state index contributed by atoms with van der Waals surface area (Å²) < 4.78 is 18.3. The molecule has 2 aromatic heterocycles. The number of fused-ring (bicyclic) bond motifs is 1. The number of carbonyl (C=O) groups excluding carboxylic acids is 1. The average Bonchev–Trinajstić information content (AvgIpc) is 3.21. The summed E-state index contributed by atoms with van der Waals surface area (Å²) in [4.78, 5) is 19.8. The standard InChI is InChI=1S/C23H28ClN5O4/c1-23(2)14-28(18(12-31-3)13-33-23)21(30)16-9-19(32-4)20-26-22(27-29(20)11-16)25-10-15-6-5-7-17(24)8-15/h5-9,11,18H,10,12-14H2,1-4H3,(H,25,27). The predicted molar refractivity (Wildman–Crippen MR) is 125 cm³/mol. The van der Waals surface area contributed by atoms with E-state index in [9.17, 15) is 4.79 Å². The van der Waals surface area contributed by atoms with Gasteiger partial charge < -0.3 is 24.4 Å². The molecule has 0 saturated carbocycles. The van der Waals surface area contributed by atoms with Crippen LogP contribution in [-0.2, 0) is 16.0 Å². The first kappa shape index (κ1) is 23.3. The van der Waals surface area contributed by atoms with E-state index >= 15 is 0 Å². The zero-order chi connectivity index (χ0) is 23.6. The van der Waals surface area contributed by atoms with Gasteiger partial charge in [-0.2, -0.15) is 4.98 Å². The van der Waals surface area contributed by atoms with E-state index in [1.165, 1.54) is 0 Å². The van der Waals surface area contributed by atoms with Gasteiger partial charge in [0.15, 0.2) is 11.4 Å². The molecule has 0 aliphatic carbocycles. The molecule has 3 heterocycles. The minimum atomic E-state index is -0.446. The Labute approximate surface area is 197 Å². The Bertz CT molecular complexity index is 1150. The fourth-order valence-corrected chi connectivity index (χ4v) is 4.07. The normalized spacial score (nSPS) is 17.8. The van der Waals surface area contributed by atoms with Gasteiger partial charge in [0, 0.05) is 31.4 Å². The molecule has 1 atom stereocenters. The monoisotopic (exact) mass is 473 g/mol. The number of halogens is 1. The Balaban J connectivity index is 1.60. The smallest absolute Gasteiger partial charge is 0.256 e. The Kier molecular flexibility index (Phi) is 6.73. The summed E-state index contributed by atoms with van der Waals surface area (Å²) in [6.45, 7) is 5.69. The molecule has 3 aromatic rings. The van der Waals surface area contributed by atoms with Crippen LogP contribution in [0.4, 0.5) is 5.95 Å². The minimum absolute atomic E-state index is 0.141. The lowest BCUT2D eigenvalue weighted by molar-refractivity contribution is -0.113. The van der Waals surface area contributed by atoms with Gasteiger partial charge in [-0.3, -0.25) is 4.79 Å². The van der Waals surface area contributed by atoms with Crippen LogP contribution in [-0.4, -0.2) is 71.0 Å². The second kappa shape index (κ2) is 9.54. The van der Waals surface area contributed by atoms with Gasteiger partial charge in [-0.1, -0.05) is 23.7 Å². The third-order valence-corrected chi connectivity index (χ3v) is 5.72. The third kappa shape index (κ3) is 5.21. The minimum Gasteiger partial charge on any atom is -0.493 e. The van der Waals surface area contributed by atoms with E-state index in [0.29, 0.717) is 54.2 Å². The van der Waals surface area contributed by atoms with E-state index in [1.807, 2.05) is 38.1 Å². The van der Waals surface area contributed by atoms with Crippen LogP contribution in [0.1, 0.15) is 29.8 Å². The topological polar surface area (TPSA) is 90.2 Å². The molecule has 33 heavy (non-hydrogen) atoms. The van der Waals surface area contributed by atoms with E-state index in [0.717, 1.165) is 5.56 Å². The first-order chi connectivity index (χ1) is 15.8. The van der Waals surface area contributed by atoms with Gasteiger partial charge >= 0.3 is 0 Å². The lowest BCUT2D eigenvalue weighted by Gasteiger charge is -2.43. The highest BCUT2D eigenvalue weighted by atomic mass is 35.5. The fraction of sp³-hybridized carbons (Fsp3) is 0.435. The number of hydrogen-bond acceptors (Lipinski definition) is 7. The van der Waals surface area contributed by atoms with E-state index in [-0.39, 0.29) is 11.9 Å². The molecule has 1 N–H and O–H groups in total. The molecule has 10 heteroatoms. The molecule has 1 unspecified atom stereocenters. The number of methoxy groups -OCH3 is 2. The largest absolute Gasteiger partial charge is 0.493 e. The number of ether oxygens (including phenoxy) is 3. The Morgan fingerprint density at radius 3 is 2.88 bits per heavy atom. The molecule has 1 aliphatic heterocycles. The molecule has 176 valence electrons. The third-order valence-electron chi connectivity index (χ3n) is 5.48. The summed E-state index contributed by atoms with van der Waals surface area (Å²) in [7, 11) is 3.16. The van der Waals surface area contributed by atoms with Crippen molar-refractivity contribution in [3.63, 3.8) is 0 Å². The van der Waals surface area contributed by atoms with Crippen LogP contribution in [0.2, 0.25) is 5.02 Å². The number of benzene rings is 1. The highest BCUT2D eigenvalue weighted by Gasteiger charge is 2.37. The van der Waals surface area contributed by atoms with Crippen LogP contribution in [0.3, 0.4) is 0 Å². The zero-order valence-electron chi connectivity index (χ0n) is 19.2. The molecule has 1 aliphatic rings. The number of anilines is 1. The maximum atomic E-state index is 13.5. The maximum Gasteiger partial charge on any atom is 0.256 e. The Morgan fingerprint density at radius 2 is 2.15 bits per heavy atom. The van der Waals surface area contributed by atoms with Crippen LogP contribution >= 0.6 is 11.6 Å². The van der Waals surface area contributed by atoms with Gasteiger partial charge in [-0.25, -0.2) is 4.52 Å². The van der Waals surface area contributed by atoms with Crippen molar-refractivity contribution in [2.45, 2.75) is 32.0 Å². The predicted octanol–water partition coefficient (Wildman–Crippen LogP) is 3.27. The molecular formula is C23H28ClN5O4. The first-order valence-corrected chi connectivity index (χ1v) is 11.0. The van der Waals surface area contributed by atoms with Crippen molar-refractivity contribution in [3.05, 3.63) is 52.7 Å². The van der Waals surface area contributed by atoms with Gasteiger partial charge in [0.1, 0.15) is 0 Å². The van der Waals surface area contributed by atoms with Crippen LogP contribution < -0.4 is 10.1 Å². The molecule has 0 radical (unpaired) electrons. The van der Waals surface area contributed by atoms with E-state index in [2.05, 4.69) is 15.4 Å². The van der Waals surface area contributed by atoms with Gasteiger partial charge in [0.05, 0.1) is 37.5 Å². The maximum absolute atomic E-state index is 13.5. The molecule has 1 aromatic carbocycles. The van der Waals surface area contributed by atoms with Crippen LogP contribution in [0.25, 0.3) is 5.65 Å². The lowest BCUT2D eigenvalue weighted by atomic mass is 10.0. The summed E-state index contributed by atoms with van der Waals surface area (Å²) >= 11 is 6.06. The molecule has 1 amide bonds. The van der Waals surface area contributed by atoms with Gasteiger partial charge in [-0.05, 0) is 37.6 Å². The fourth-order valence-electron chi connectivity index (χ4n) is 3.86. The molecule has 0 bridgehead atoms. The molecule has 9 nitrogen and oxygen atoms in total.